The quantitative estimate of drug-likeness (QED) is 0.738. The zero-order valence-electron chi connectivity index (χ0n) is 15.4. The Morgan fingerprint density at radius 3 is 2.15 bits per heavy atom. The van der Waals surface area contributed by atoms with Gasteiger partial charge >= 0.3 is 0 Å². The molecule has 0 bridgehead atoms. The van der Waals surface area contributed by atoms with Gasteiger partial charge in [0.25, 0.3) is 0 Å². The third kappa shape index (κ3) is 3.27. The standard InChI is InChI=1S/C21H24N2O2S/c1-15-9-11-19(12-10-15)26(24,25)20-16(2)17(3)23(21(20)22)14-13-18-7-5-4-6-8-18/h4-12H,13-14,22H2,1-3H3. The zero-order chi connectivity index (χ0) is 18.9. The van der Waals surface area contributed by atoms with Crippen molar-refractivity contribution in [3.05, 3.63) is 77.0 Å². The summed E-state index contributed by atoms with van der Waals surface area (Å²) in [7, 11) is -3.65. The van der Waals surface area contributed by atoms with Gasteiger partial charge in [0.05, 0.1) is 4.90 Å². The summed E-state index contributed by atoms with van der Waals surface area (Å²) in [6.07, 6.45) is 0.796. The average Bonchev–Trinajstić information content (AvgIpc) is 2.84. The van der Waals surface area contributed by atoms with Crippen LogP contribution in [0.4, 0.5) is 5.82 Å². The van der Waals surface area contributed by atoms with Crippen LogP contribution in [-0.2, 0) is 22.8 Å². The van der Waals surface area contributed by atoms with E-state index in [9.17, 15) is 8.42 Å². The molecule has 0 saturated carbocycles. The number of nitrogens with zero attached hydrogens (tertiary/aromatic N) is 1. The first kappa shape index (κ1) is 18.3. The number of hydrogen-bond donors (Lipinski definition) is 1. The van der Waals surface area contributed by atoms with Crippen molar-refractivity contribution >= 4 is 15.7 Å². The van der Waals surface area contributed by atoms with Gasteiger partial charge in [-0.25, -0.2) is 8.42 Å². The molecule has 0 fully saturated rings. The third-order valence-corrected chi connectivity index (χ3v) is 6.82. The molecule has 0 radical (unpaired) electrons. The second-order valence-electron chi connectivity index (χ2n) is 6.63. The Balaban J connectivity index is 2.00. The topological polar surface area (TPSA) is 65.1 Å². The first-order valence-electron chi connectivity index (χ1n) is 8.63. The second-order valence-corrected chi connectivity index (χ2v) is 8.52. The molecule has 0 saturated heterocycles. The summed E-state index contributed by atoms with van der Waals surface area (Å²) in [4.78, 5) is 0.505. The molecule has 3 aromatic rings. The van der Waals surface area contributed by atoms with E-state index in [1.807, 2.05) is 43.5 Å². The lowest BCUT2D eigenvalue weighted by molar-refractivity contribution is 0.595. The highest BCUT2D eigenvalue weighted by Gasteiger charge is 2.28. The monoisotopic (exact) mass is 368 g/mol. The van der Waals surface area contributed by atoms with E-state index in [1.165, 1.54) is 5.56 Å². The number of rotatable bonds is 5. The minimum atomic E-state index is -3.65. The van der Waals surface area contributed by atoms with Crippen LogP contribution in [0.2, 0.25) is 0 Å². The minimum Gasteiger partial charge on any atom is -0.384 e. The number of hydrogen-bond acceptors (Lipinski definition) is 3. The summed E-state index contributed by atoms with van der Waals surface area (Å²) in [5, 5.41) is 0. The number of aryl methyl sites for hydroxylation is 2. The maximum atomic E-state index is 13.1. The summed E-state index contributed by atoms with van der Waals surface area (Å²) in [6, 6.07) is 17.0. The molecular formula is C21H24N2O2S. The maximum absolute atomic E-state index is 13.1. The van der Waals surface area contributed by atoms with Crippen LogP contribution in [0.3, 0.4) is 0 Å². The van der Waals surface area contributed by atoms with Gasteiger partial charge in [0.1, 0.15) is 10.7 Å². The van der Waals surface area contributed by atoms with Crippen molar-refractivity contribution in [2.24, 2.45) is 0 Å². The van der Waals surface area contributed by atoms with E-state index in [0.717, 1.165) is 23.2 Å². The van der Waals surface area contributed by atoms with Crippen molar-refractivity contribution in [2.45, 2.75) is 43.5 Å². The van der Waals surface area contributed by atoms with Crippen molar-refractivity contribution < 1.29 is 8.42 Å². The Hall–Kier alpha value is -2.53. The molecule has 1 aromatic heterocycles. The van der Waals surface area contributed by atoms with Gasteiger partial charge in [-0.1, -0.05) is 48.0 Å². The molecule has 4 nitrogen and oxygen atoms in total. The fourth-order valence-electron chi connectivity index (χ4n) is 3.21. The molecule has 2 aromatic carbocycles. The first-order valence-corrected chi connectivity index (χ1v) is 10.1. The highest BCUT2D eigenvalue weighted by atomic mass is 32.2. The van der Waals surface area contributed by atoms with Gasteiger partial charge in [-0.15, -0.1) is 0 Å². The van der Waals surface area contributed by atoms with Crippen LogP contribution in [0.1, 0.15) is 22.4 Å². The lowest BCUT2D eigenvalue weighted by Gasteiger charge is -2.10. The lowest BCUT2D eigenvalue weighted by atomic mass is 10.1. The van der Waals surface area contributed by atoms with Crippen LogP contribution in [0.15, 0.2) is 64.4 Å². The van der Waals surface area contributed by atoms with E-state index >= 15 is 0 Å². The lowest BCUT2D eigenvalue weighted by Crippen LogP contribution is -2.10. The van der Waals surface area contributed by atoms with E-state index in [0.29, 0.717) is 12.4 Å². The molecular weight excluding hydrogens is 344 g/mol. The number of aromatic nitrogens is 1. The van der Waals surface area contributed by atoms with Crippen molar-refractivity contribution in [3.8, 4) is 0 Å². The second kappa shape index (κ2) is 7.00. The van der Waals surface area contributed by atoms with Gasteiger partial charge in [0.15, 0.2) is 0 Å². The normalized spacial score (nSPS) is 11.7. The fraction of sp³-hybridized carbons (Fsp3) is 0.238. The van der Waals surface area contributed by atoms with Crippen LogP contribution < -0.4 is 5.73 Å². The largest absolute Gasteiger partial charge is 0.384 e. The summed E-state index contributed by atoms with van der Waals surface area (Å²) >= 11 is 0. The number of benzene rings is 2. The van der Waals surface area contributed by atoms with E-state index in [2.05, 4.69) is 12.1 Å². The number of anilines is 1. The highest BCUT2D eigenvalue weighted by Crippen LogP contribution is 2.33. The predicted molar refractivity (Wildman–Crippen MR) is 105 cm³/mol. The van der Waals surface area contributed by atoms with Gasteiger partial charge < -0.3 is 10.3 Å². The molecule has 1 heterocycles. The maximum Gasteiger partial charge on any atom is 0.210 e. The van der Waals surface area contributed by atoms with Crippen molar-refractivity contribution in [2.75, 3.05) is 5.73 Å². The molecule has 0 unspecified atom stereocenters. The van der Waals surface area contributed by atoms with Gasteiger partial charge in [0.2, 0.25) is 9.84 Å². The molecule has 0 aliphatic rings. The average molecular weight is 369 g/mol. The van der Waals surface area contributed by atoms with Gasteiger partial charge in [-0.3, -0.25) is 0 Å². The Labute approximate surface area is 155 Å². The molecule has 26 heavy (non-hydrogen) atoms. The third-order valence-electron chi connectivity index (χ3n) is 4.88. The molecule has 0 aliphatic heterocycles. The molecule has 3 rings (SSSR count). The van der Waals surface area contributed by atoms with E-state index in [4.69, 9.17) is 5.73 Å². The van der Waals surface area contributed by atoms with E-state index in [1.54, 1.807) is 24.3 Å². The predicted octanol–water partition coefficient (Wildman–Crippen LogP) is 4.07. The summed E-state index contributed by atoms with van der Waals surface area (Å²) in [5.41, 5.74) is 10.1. The SMILES string of the molecule is Cc1ccc(S(=O)(=O)c2c(C)c(C)n(CCc3ccccc3)c2N)cc1. The smallest absolute Gasteiger partial charge is 0.210 e. The summed E-state index contributed by atoms with van der Waals surface area (Å²) < 4.78 is 28.2. The Kier molecular flexibility index (Phi) is 4.92. The van der Waals surface area contributed by atoms with Gasteiger partial charge in [0, 0.05) is 12.2 Å². The molecule has 0 spiro atoms. The van der Waals surface area contributed by atoms with Crippen LogP contribution in [0.25, 0.3) is 0 Å². The van der Waals surface area contributed by atoms with Crippen LogP contribution in [0, 0.1) is 20.8 Å². The first-order chi connectivity index (χ1) is 12.3. The summed E-state index contributed by atoms with van der Waals surface area (Å²) in [6.45, 7) is 6.32. The van der Waals surface area contributed by atoms with Gasteiger partial charge in [-0.2, -0.15) is 0 Å². The van der Waals surface area contributed by atoms with Crippen molar-refractivity contribution in [1.82, 2.24) is 4.57 Å². The number of nitrogens with two attached hydrogens (primary N) is 1. The molecule has 0 amide bonds. The molecule has 0 aliphatic carbocycles. The zero-order valence-corrected chi connectivity index (χ0v) is 16.2. The number of sulfone groups is 1. The molecule has 2 N–H and O–H groups in total. The van der Waals surface area contributed by atoms with Crippen LogP contribution >= 0.6 is 0 Å². The highest BCUT2D eigenvalue weighted by molar-refractivity contribution is 7.91. The molecule has 0 atom stereocenters. The van der Waals surface area contributed by atoms with Crippen LogP contribution in [0.5, 0.6) is 0 Å². The Bertz CT molecular complexity index is 1020. The summed E-state index contributed by atoms with van der Waals surface area (Å²) in [5.74, 6) is 0.316. The van der Waals surface area contributed by atoms with E-state index in [-0.39, 0.29) is 9.79 Å². The van der Waals surface area contributed by atoms with E-state index < -0.39 is 9.84 Å². The molecule has 5 heteroatoms. The minimum absolute atomic E-state index is 0.229. The van der Waals surface area contributed by atoms with Crippen LogP contribution in [-0.4, -0.2) is 13.0 Å². The Morgan fingerprint density at radius 2 is 1.54 bits per heavy atom. The Morgan fingerprint density at radius 1 is 0.923 bits per heavy atom. The molecule has 136 valence electrons. The number of nitrogen functional groups attached to an aromatic ring is 1. The fourth-order valence-corrected chi connectivity index (χ4v) is 4.88. The van der Waals surface area contributed by atoms with Crippen molar-refractivity contribution in [3.63, 3.8) is 0 Å². The van der Waals surface area contributed by atoms with Crippen molar-refractivity contribution in [1.29, 1.82) is 0 Å². The van der Waals surface area contributed by atoms with Gasteiger partial charge in [-0.05, 0) is 50.5 Å².